The Bertz CT molecular complexity index is 1180. The maximum atomic E-state index is 4.78. The molecule has 13 aliphatic rings. The largest absolute Gasteiger partial charge is 0.483 e. The first-order valence-electron chi connectivity index (χ1n) is 50.4. The van der Waals surface area contributed by atoms with E-state index in [0.29, 0.717) is 13.2 Å². The first-order chi connectivity index (χ1) is 61.5. The van der Waals surface area contributed by atoms with Gasteiger partial charge in [-0.05, 0) is 94.3 Å². The van der Waals surface area contributed by atoms with Gasteiger partial charge in [0.1, 0.15) is 26.4 Å². The van der Waals surface area contributed by atoms with Gasteiger partial charge >= 0.3 is 0 Å². The number of nitrogens with zero attached hydrogens (tertiary/aromatic N) is 12. The molecule has 0 aromatic rings. The van der Waals surface area contributed by atoms with Crippen molar-refractivity contribution in [2.75, 3.05) is 122 Å². The molecule has 0 bridgehead atoms. The summed E-state index contributed by atoms with van der Waals surface area (Å²) in [6.45, 7) is 118. The van der Waals surface area contributed by atoms with Crippen LogP contribution < -0.4 is 26.9 Å². The molecular formula is C97H237N17O6S3. The summed E-state index contributed by atoms with van der Waals surface area (Å²) in [5, 5.41) is 20.1. The van der Waals surface area contributed by atoms with E-state index in [4.69, 9.17) is 4.74 Å². The number of nitrogens with one attached hydrogen (secondary N) is 5. The molecule has 26 heteroatoms. The average molecular weight is 1830 g/mol. The van der Waals surface area contributed by atoms with E-state index in [0.717, 1.165) is 124 Å². The van der Waals surface area contributed by atoms with Crippen LogP contribution in [0.25, 0.3) is 0 Å². The fourth-order valence-electron chi connectivity index (χ4n) is 4.50. The number of hydrazone groups is 1. The Balaban J connectivity index is -0.0000000331. The Hall–Kier alpha value is -5.21. The topological polar surface area (TPSA) is 264 Å². The van der Waals surface area contributed by atoms with E-state index >= 15 is 0 Å². The van der Waals surface area contributed by atoms with Gasteiger partial charge in [-0.3, -0.25) is 30.0 Å². The molecule has 764 valence electrons. The number of hydrogen-bond acceptors (Lipinski definition) is 26. The Morgan fingerprint density at radius 1 is 0.268 bits per heavy atom. The summed E-state index contributed by atoms with van der Waals surface area (Å²) in [6, 6.07) is 0. The molecule has 13 heterocycles. The minimum atomic E-state index is 0.580. The molecule has 0 spiro atoms. The normalized spacial score (nSPS) is 12.8. The molecule has 0 aromatic heterocycles. The molecule has 0 saturated carbocycles. The number of ether oxygens (including phenoxy) is 3. The quantitative estimate of drug-likeness (QED) is 0.141. The minimum absolute atomic E-state index is 0.580. The standard InChI is InChI=1S/2C4H8N2.2C4H7NO.C4H7NS.C4H7N.2C3H6N2.C3H5NO2.2C3H5NO.2C3H5NS.26C2H6/c1-2-5-4-6-3-1;1-2-4-6-5-3-1;1-2-5-4-6-3-1;2*1-2-4-6-5-3-1;1-2-4-5-3-1;1-2-5-3-4-1;1-2-4-5-3-1;1-2-6-4-3-5-1;1-2-5-3-4-1;1-2-4-5-3-1;1-2-5-3-4-1;1-2-4-5-3-1;26*1-2/h4H,1-3H2,(H,5,6);3,6H,1-2,4H2;4H,1-3H2;2*3H,1-2,4H2;3H,1-2,4H2;3H,1-2H2,(H,4,5);1-2,4-5H,3H2;3H,1-2H2;3H,1-2H2;2H,1,3H2;3H,1-2H2;2H,1,3H2;26*1-2H3. The second-order valence-corrected chi connectivity index (χ2v) is 16.8. The lowest BCUT2D eigenvalue weighted by Crippen LogP contribution is -2.19. The molecule has 0 radical (unpaired) electrons. The highest BCUT2D eigenvalue weighted by Crippen LogP contribution is 2.09. The number of thioether (sulfide) groups is 1. The molecule has 123 heavy (non-hydrogen) atoms. The lowest BCUT2D eigenvalue weighted by Gasteiger charge is -2.02. The zero-order chi connectivity index (χ0) is 102. The number of hydrogen-bond donors (Lipinski definition) is 5. The second kappa shape index (κ2) is 362. The van der Waals surface area contributed by atoms with Crippen molar-refractivity contribution in [2.45, 2.75) is 437 Å². The van der Waals surface area contributed by atoms with E-state index < -0.39 is 0 Å². The van der Waals surface area contributed by atoms with Crippen LogP contribution in [0, 0.1) is 0 Å². The minimum Gasteiger partial charge on any atom is -0.483 e. The second-order valence-electron chi connectivity index (χ2n) is 14.1. The van der Waals surface area contributed by atoms with Crippen molar-refractivity contribution < 1.29 is 28.7 Å². The summed E-state index contributed by atoms with van der Waals surface area (Å²) in [6.07, 6.45) is 37.1. The van der Waals surface area contributed by atoms with Gasteiger partial charge in [0.05, 0.1) is 37.9 Å². The molecule has 13 rings (SSSR count). The molecule has 5 N–H and O–H groups in total. The zero-order valence-electron chi connectivity index (χ0n) is 93.5. The zero-order valence-corrected chi connectivity index (χ0v) is 96.0. The number of hydrazine groups is 1. The highest BCUT2D eigenvalue weighted by Gasteiger charge is 1.93. The summed E-state index contributed by atoms with van der Waals surface area (Å²) in [5.41, 5.74) is 10.4. The molecule has 13 aliphatic heterocycles. The first-order valence-corrected chi connectivity index (χ1v) is 53.3. The highest BCUT2D eigenvalue weighted by molar-refractivity contribution is 8.12. The van der Waals surface area contributed by atoms with E-state index in [2.05, 4.69) is 110 Å². The monoisotopic (exact) mass is 1830 g/mol. The molecule has 0 atom stereocenters. The fourth-order valence-corrected chi connectivity index (χ4v) is 6.17. The Morgan fingerprint density at radius 3 is 0.797 bits per heavy atom. The van der Waals surface area contributed by atoms with Crippen LogP contribution in [0.3, 0.4) is 0 Å². The molecular weight excluding hydrogens is 1600 g/mol. The van der Waals surface area contributed by atoms with Crippen LogP contribution in [0.15, 0.2) is 71.6 Å². The van der Waals surface area contributed by atoms with Crippen molar-refractivity contribution >= 4 is 110 Å². The molecule has 23 nitrogen and oxygen atoms in total. The molecule has 0 unspecified atom stereocenters. The van der Waals surface area contributed by atoms with Crippen molar-refractivity contribution in [3.8, 4) is 0 Å². The van der Waals surface area contributed by atoms with Crippen molar-refractivity contribution in [3.63, 3.8) is 0 Å². The van der Waals surface area contributed by atoms with Crippen LogP contribution in [0.5, 0.6) is 0 Å². The van der Waals surface area contributed by atoms with Gasteiger partial charge in [0, 0.05) is 120 Å². The number of oxime groups is 3. The van der Waals surface area contributed by atoms with Gasteiger partial charge in [-0.2, -0.15) is 5.10 Å². The highest BCUT2D eigenvalue weighted by atomic mass is 32.2. The van der Waals surface area contributed by atoms with E-state index in [9.17, 15) is 0 Å². The lowest BCUT2D eigenvalue weighted by molar-refractivity contribution is 0.0719. The predicted octanol–water partition coefficient (Wildman–Crippen LogP) is 32.1. The van der Waals surface area contributed by atoms with Crippen molar-refractivity contribution in [3.05, 3.63) is 12.3 Å². The van der Waals surface area contributed by atoms with Gasteiger partial charge in [0.2, 0.25) is 6.40 Å². The van der Waals surface area contributed by atoms with Crippen molar-refractivity contribution in [1.29, 1.82) is 0 Å². The fraction of sp³-hybridized carbons (Fsp3) is 0.856. The van der Waals surface area contributed by atoms with Gasteiger partial charge in [0.15, 0.2) is 19.4 Å². The summed E-state index contributed by atoms with van der Waals surface area (Å²) in [7, 11) is 0. The SMILES string of the molecule is C1=CNNC1.C1=NCCC1.C1=NCCCN1.C1=NCCCO1.C1=NCCN1.C1=NCCO1.C1=NCCS1.C1=NNCCC1.C1=NOCC1.C1=NOCCC1.C1=NOCCO1.C1=NSCC1.C1=NSCCC1.CC.CC.CC.CC.CC.CC.CC.CC.CC.CC.CC.CC.CC.CC.CC.CC.CC.CC.CC.CC.CC.CC.CC.CC.CC.CC. The van der Waals surface area contributed by atoms with Gasteiger partial charge in [-0.15, -0.1) is 11.8 Å². The average Bonchev–Trinajstić information content (AvgIpc) is 2.08. The summed E-state index contributed by atoms with van der Waals surface area (Å²) < 4.78 is 21.9. The molecule has 0 aromatic carbocycles. The van der Waals surface area contributed by atoms with Crippen LogP contribution in [0.2, 0.25) is 0 Å². The maximum absolute atomic E-state index is 4.78. The van der Waals surface area contributed by atoms with E-state index in [1.807, 2.05) is 403 Å². The lowest BCUT2D eigenvalue weighted by atomic mass is 10.3. The van der Waals surface area contributed by atoms with Crippen molar-refractivity contribution in [1.82, 2.24) is 26.9 Å². The number of aliphatic imine (C=N–C) groups is 6. The maximum Gasteiger partial charge on any atom is 0.212 e. The van der Waals surface area contributed by atoms with Gasteiger partial charge in [0.25, 0.3) is 0 Å². The number of rotatable bonds is 0. The third kappa shape index (κ3) is 356. The van der Waals surface area contributed by atoms with Gasteiger partial charge in [-0.25, -0.2) is 14.2 Å². The first kappa shape index (κ1) is 191. The Kier molecular flexibility index (Phi) is 561. The summed E-state index contributed by atoms with van der Waals surface area (Å²) >= 11 is 5.09. The third-order valence-corrected chi connectivity index (χ3v) is 10.2. The Morgan fingerprint density at radius 2 is 0.691 bits per heavy atom. The molecule has 0 fully saturated rings. The van der Waals surface area contributed by atoms with Gasteiger partial charge in [-0.1, -0.05) is 382 Å². The van der Waals surface area contributed by atoms with Crippen LogP contribution in [0.1, 0.15) is 437 Å². The van der Waals surface area contributed by atoms with Crippen LogP contribution in [-0.2, 0) is 28.7 Å². The smallest absolute Gasteiger partial charge is 0.212 e. The van der Waals surface area contributed by atoms with Crippen LogP contribution >= 0.6 is 35.7 Å². The Labute approximate surface area is 792 Å². The van der Waals surface area contributed by atoms with E-state index in [1.165, 1.54) is 81.4 Å². The summed E-state index contributed by atoms with van der Waals surface area (Å²) in [4.78, 5) is 36.9. The van der Waals surface area contributed by atoms with Gasteiger partial charge < -0.3 is 50.2 Å². The predicted molar refractivity (Wildman–Crippen MR) is 599 cm³/mol. The van der Waals surface area contributed by atoms with E-state index in [1.54, 1.807) is 60.8 Å². The third-order valence-electron chi connectivity index (χ3n) is 8.00. The van der Waals surface area contributed by atoms with Crippen LogP contribution in [-0.4, -0.2) is 197 Å². The van der Waals surface area contributed by atoms with Crippen molar-refractivity contribution in [2.24, 2.45) is 59.3 Å². The van der Waals surface area contributed by atoms with Crippen LogP contribution in [0.4, 0.5) is 0 Å². The molecule has 0 saturated heterocycles. The summed E-state index contributed by atoms with van der Waals surface area (Å²) in [5.74, 6) is 3.61. The van der Waals surface area contributed by atoms with E-state index in [-0.39, 0.29) is 0 Å². The molecule has 0 amide bonds. The molecule has 0 aliphatic carbocycles.